The maximum atomic E-state index is 12.0. The maximum Gasteiger partial charge on any atom is 0.255 e. The predicted octanol–water partition coefficient (Wildman–Crippen LogP) is 2.21. The molecule has 1 amide bonds. The molecule has 0 saturated carbocycles. The number of carbonyl (C=O) groups excluding carboxylic acids is 1. The average molecular weight is 247 g/mol. The third kappa shape index (κ3) is 3.00. The molecule has 1 aliphatic rings. The van der Waals surface area contributed by atoms with Crippen molar-refractivity contribution in [2.24, 2.45) is 0 Å². The topological polar surface area (TPSA) is 45.2 Å². The van der Waals surface area contributed by atoms with Crippen LogP contribution in [0.25, 0.3) is 0 Å². The van der Waals surface area contributed by atoms with E-state index in [1.807, 2.05) is 19.1 Å². The minimum Gasteiger partial charge on any atom is -0.356 e. The molecule has 1 aromatic rings. The van der Waals surface area contributed by atoms with Gasteiger partial charge in [-0.1, -0.05) is 12.8 Å². The summed E-state index contributed by atoms with van der Waals surface area (Å²) >= 11 is 0. The van der Waals surface area contributed by atoms with Crippen LogP contribution < -0.4 is 10.2 Å². The monoisotopic (exact) mass is 247 g/mol. The lowest BCUT2D eigenvalue weighted by molar-refractivity contribution is 0.0956. The fraction of sp³-hybridized carbons (Fsp3) is 0.571. The lowest BCUT2D eigenvalue weighted by atomic mass is 10.2. The van der Waals surface area contributed by atoms with E-state index in [0.717, 1.165) is 18.9 Å². The molecule has 4 heteroatoms. The summed E-state index contributed by atoms with van der Waals surface area (Å²) in [4.78, 5) is 18.7. The molecule has 0 radical (unpaired) electrons. The highest BCUT2D eigenvalue weighted by Crippen LogP contribution is 2.21. The van der Waals surface area contributed by atoms with Gasteiger partial charge in [0.1, 0.15) is 5.82 Å². The first kappa shape index (κ1) is 12.9. The maximum absolute atomic E-state index is 12.0. The molecule has 18 heavy (non-hydrogen) atoms. The van der Waals surface area contributed by atoms with E-state index in [1.54, 1.807) is 6.20 Å². The molecule has 0 unspecified atom stereocenters. The normalized spacial score (nSPS) is 16.2. The van der Waals surface area contributed by atoms with Crippen molar-refractivity contribution in [3.63, 3.8) is 0 Å². The molecule has 1 aliphatic heterocycles. The molecular weight excluding hydrogens is 226 g/mol. The van der Waals surface area contributed by atoms with Crippen molar-refractivity contribution >= 4 is 11.7 Å². The molecule has 1 N–H and O–H groups in total. The van der Waals surface area contributed by atoms with E-state index >= 15 is 0 Å². The average Bonchev–Trinajstić information content (AvgIpc) is 2.68. The van der Waals surface area contributed by atoms with Crippen LogP contribution in [0.4, 0.5) is 5.82 Å². The lowest BCUT2D eigenvalue weighted by Crippen LogP contribution is -2.30. The number of hydrogen-bond donors (Lipinski definition) is 1. The van der Waals surface area contributed by atoms with Crippen LogP contribution in [0, 0.1) is 0 Å². The van der Waals surface area contributed by atoms with Gasteiger partial charge < -0.3 is 10.2 Å². The van der Waals surface area contributed by atoms with Crippen molar-refractivity contribution in [1.82, 2.24) is 10.3 Å². The third-order valence-corrected chi connectivity index (χ3v) is 3.27. The van der Waals surface area contributed by atoms with Gasteiger partial charge in [-0.05, 0) is 31.9 Å². The van der Waals surface area contributed by atoms with Crippen LogP contribution in [0.2, 0.25) is 0 Å². The van der Waals surface area contributed by atoms with E-state index in [9.17, 15) is 4.79 Å². The van der Waals surface area contributed by atoms with Crippen LogP contribution in [-0.2, 0) is 0 Å². The summed E-state index contributed by atoms with van der Waals surface area (Å²) in [5.74, 6) is 0.815. The SMILES string of the molecule is CCNC(=O)c1cccnc1N1CCCCCC1. The van der Waals surface area contributed by atoms with Gasteiger partial charge in [-0.15, -0.1) is 0 Å². The molecule has 4 nitrogen and oxygen atoms in total. The van der Waals surface area contributed by atoms with Gasteiger partial charge in [-0.2, -0.15) is 0 Å². The van der Waals surface area contributed by atoms with Gasteiger partial charge in [-0.25, -0.2) is 4.98 Å². The molecular formula is C14H21N3O. The molecule has 1 fully saturated rings. The molecule has 98 valence electrons. The molecule has 0 spiro atoms. The van der Waals surface area contributed by atoms with Crippen molar-refractivity contribution in [3.8, 4) is 0 Å². The first-order chi connectivity index (χ1) is 8.83. The highest BCUT2D eigenvalue weighted by atomic mass is 16.1. The standard InChI is InChI=1S/C14H21N3O/c1-2-15-14(18)12-8-7-9-16-13(12)17-10-5-3-4-6-11-17/h7-9H,2-6,10-11H2,1H3,(H,15,18). The van der Waals surface area contributed by atoms with Crippen LogP contribution >= 0.6 is 0 Å². The van der Waals surface area contributed by atoms with E-state index in [-0.39, 0.29) is 5.91 Å². The minimum atomic E-state index is -0.0233. The van der Waals surface area contributed by atoms with Crippen LogP contribution in [0.15, 0.2) is 18.3 Å². The summed E-state index contributed by atoms with van der Waals surface area (Å²) in [5.41, 5.74) is 0.696. The first-order valence-electron chi connectivity index (χ1n) is 6.81. The second-order valence-electron chi connectivity index (χ2n) is 4.64. The molecule has 2 heterocycles. The summed E-state index contributed by atoms with van der Waals surface area (Å²) < 4.78 is 0. The molecule has 0 bridgehead atoms. The lowest BCUT2D eigenvalue weighted by Gasteiger charge is -2.23. The van der Waals surface area contributed by atoms with E-state index in [4.69, 9.17) is 0 Å². The zero-order valence-electron chi connectivity index (χ0n) is 11.0. The van der Waals surface area contributed by atoms with Crippen LogP contribution in [0.1, 0.15) is 43.0 Å². The molecule has 1 aromatic heterocycles. The number of pyridine rings is 1. The number of amides is 1. The minimum absolute atomic E-state index is 0.0233. The third-order valence-electron chi connectivity index (χ3n) is 3.27. The van der Waals surface area contributed by atoms with E-state index in [0.29, 0.717) is 12.1 Å². The Labute approximate surface area is 108 Å². The van der Waals surface area contributed by atoms with E-state index in [1.165, 1.54) is 25.7 Å². The van der Waals surface area contributed by atoms with Gasteiger partial charge in [0.15, 0.2) is 0 Å². The highest BCUT2D eigenvalue weighted by Gasteiger charge is 2.18. The Hall–Kier alpha value is -1.58. The Kier molecular flexibility index (Phi) is 4.56. The van der Waals surface area contributed by atoms with Gasteiger partial charge in [0.25, 0.3) is 5.91 Å². The van der Waals surface area contributed by atoms with Crippen LogP contribution in [0.3, 0.4) is 0 Å². The van der Waals surface area contributed by atoms with Gasteiger partial charge in [0.05, 0.1) is 5.56 Å². The fourth-order valence-corrected chi connectivity index (χ4v) is 2.36. The summed E-state index contributed by atoms with van der Waals surface area (Å²) in [6.07, 6.45) is 6.69. The Bertz CT molecular complexity index is 398. The Balaban J connectivity index is 2.22. The zero-order valence-corrected chi connectivity index (χ0v) is 11.0. The van der Waals surface area contributed by atoms with Crippen molar-refractivity contribution in [1.29, 1.82) is 0 Å². The van der Waals surface area contributed by atoms with Gasteiger partial charge >= 0.3 is 0 Å². The summed E-state index contributed by atoms with van der Waals surface area (Å²) in [6.45, 7) is 4.58. The van der Waals surface area contributed by atoms with Crippen LogP contribution in [-0.4, -0.2) is 30.5 Å². The Morgan fingerprint density at radius 1 is 1.33 bits per heavy atom. The van der Waals surface area contributed by atoms with Crippen molar-refractivity contribution < 1.29 is 4.79 Å². The molecule has 0 atom stereocenters. The number of carbonyl (C=O) groups is 1. The van der Waals surface area contributed by atoms with Crippen LogP contribution in [0.5, 0.6) is 0 Å². The van der Waals surface area contributed by atoms with Gasteiger partial charge in [0.2, 0.25) is 0 Å². The molecule has 0 aliphatic carbocycles. The Morgan fingerprint density at radius 3 is 2.72 bits per heavy atom. The second-order valence-corrected chi connectivity index (χ2v) is 4.64. The molecule has 0 aromatic carbocycles. The summed E-state index contributed by atoms with van der Waals surface area (Å²) in [7, 11) is 0. The first-order valence-corrected chi connectivity index (χ1v) is 6.81. The van der Waals surface area contributed by atoms with Gasteiger partial charge in [-0.3, -0.25) is 4.79 Å². The van der Waals surface area contributed by atoms with E-state index < -0.39 is 0 Å². The van der Waals surface area contributed by atoms with Gasteiger partial charge in [0, 0.05) is 25.8 Å². The number of hydrogen-bond acceptors (Lipinski definition) is 3. The number of nitrogens with one attached hydrogen (secondary N) is 1. The number of rotatable bonds is 3. The number of anilines is 1. The quantitative estimate of drug-likeness (QED) is 0.890. The Morgan fingerprint density at radius 2 is 2.06 bits per heavy atom. The summed E-state index contributed by atoms with van der Waals surface area (Å²) in [6, 6.07) is 3.68. The number of nitrogens with zero attached hydrogens (tertiary/aromatic N) is 2. The summed E-state index contributed by atoms with van der Waals surface area (Å²) in [5, 5.41) is 2.85. The molecule has 2 rings (SSSR count). The van der Waals surface area contributed by atoms with Crippen molar-refractivity contribution in [2.45, 2.75) is 32.6 Å². The predicted molar refractivity (Wildman–Crippen MR) is 72.9 cm³/mol. The van der Waals surface area contributed by atoms with E-state index in [2.05, 4.69) is 15.2 Å². The zero-order chi connectivity index (χ0) is 12.8. The second kappa shape index (κ2) is 6.38. The van der Waals surface area contributed by atoms with Crippen molar-refractivity contribution in [2.75, 3.05) is 24.5 Å². The largest absolute Gasteiger partial charge is 0.356 e. The van der Waals surface area contributed by atoms with Crippen molar-refractivity contribution in [3.05, 3.63) is 23.9 Å². The number of aromatic nitrogens is 1. The highest BCUT2D eigenvalue weighted by molar-refractivity contribution is 5.98. The fourth-order valence-electron chi connectivity index (χ4n) is 2.36. The molecule has 1 saturated heterocycles. The smallest absolute Gasteiger partial charge is 0.255 e.